The average Bonchev–Trinajstić information content (AvgIpc) is 3.17. The fraction of sp³-hybridized carbons (Fsp3) is 0.611. The number of benzene rings is 1. The Kier molecular flexibility index (Phi) is 7.10. The van der Waals surface area contributed by atoms with Crippen LogP contribution in [0.2, 0.25) is 5.02 Å². The highest BCUT2D eigenvalue weighted by atomic mass is 35.5. The lowest BCUT2D eigenvalue weighted by Gasteiger charge is -2.27. The molecule has 150 valence electrons. The van der Waals surface area contributed by atoms with E-state index in [0.29, 0.717) is 31.0 Å². The van der Waals surface area contributed by atoms with Gasteiger partial charge in [-0.2, -0.15) is 4.31 Å². The molecule has 7 nitrogen and oxygen atoms in total. The number of hydrogen-bond donors (Lipinski definition) is 1. The smallest absolute Gasteiger partial charge is 0.243 e. The van der Waals surface area contributed by atoms with Gasteiger partial charge in [-0.1, -0.05) is 11.6 Å². The van der Waals surface area contributed by atoms with Crippen LogP contribution in [0.15, 0.2) is 29.2 Å². The second-order valence-corrected chi connectivity index (χ2v) is 9.15. The number of rotatable bonds is 7. The molecular formula is C18H26ClN3O4S. The first-order valence-electron chi connectivity index (χ1n) is 9.34. The molecule has 0 radical (unpaired) electrons. The van der Waals surface area contributed by atoms with Gasteiger partial charge >= 0.3 is 0 Å². The maximum absolute atomic E-state index is 12.9. The Bertz CT molecular complexity index is 735. The number of hydrogen-bond acceptors (Lipinski definition) is 5. The summed E-state index contributed by atoms with van der Waals surface area (Å²) in [6.07, 6.45) is 2.06. The number of morpholine rings is 1. The summed E-state index contributed by atoms with van der Waals surface area (Å²) in [5.74, 6) is -0.216. The lowest BCUT2D eigenvalue weighted by atomic mass is 10.2. The van der Waals surface area contributed by atoms with Crippen molar-refractivity contribution in [2.75, 3.05) is 45.9 Å². The van der Waals surface area contributed by atoms with Gasteiger partial charge in [-0.25, -0.2) is 8.42 Å². The lowest BCUT2D eigenvalue weighted by molar-refractivity contribution is -0.124. The number of carbonyl (C=O) groups excluding carboxylic acids is 1. The summed E-state index contributed by atoms with van der Waals surface area (Å²) in [5.41, 5.74) is 0. The molecule has 0 bridgehead atoms. The molecule has 2 heterocycles. The normalized spacial score (nSPS) is 22.0. The average molecular weight is 416 g/mol. The first-order valence-corrected chi connectivity index (χ1v) is 11.2. The van der Waals surface area contributed by atoms with Crippen LogP contribution >= 0.6 is 11.6 Å². The number of halogens is 1. The molecule has 0 saturated carbocycles. The molecule has 0 aromatic heterocycles. The van der Waals surface area contributed by atoms with Crippen molar-refractivity contribution in [1.82, 2.24) is 14.5 Å². The SMILES string of the molecule is O=C(NCCCN1CCOCC1)C1CCCN1S(=O)(=O)c1ccc(Cl)cc1. The highest BCUT2D eigenvalue weighted by Gasteiger charge is 2.39. The van der Waals surface area contributed by atoms with Crippen LogP contribution in [0.25, 0.3) is 0 Å². The van der Waals surface area contributed by atoms with E-state index in [4.69, 9.17) is 16.3 Å². The molecule has 9 heteroatoms. The molecule has 1 N–H and O–H groups in total. The Balaban J connectivity index is 1.53. The quantitative estimate of drug-likeness (QED) is 0.680. The van der Waals surface area contributed by atoms with Gasteiger partial charge in [-0.3, -0.25) is 9.69 Å². The number of nitrogens with zero attached hydrogens (tertiary/aromatic N) is 2. The van der Waals surface area contributed by atoms with E-state index in [0.717, 1.165) is 39.3 Å². The van der Waals surface area contributed by atoms with Crippen molar-refractivity contribution in [3.8, 4) is 0 Å². The standard InChI is InChI=1S/C18H26ClN3O4S/c19-15-4-6-16(7-5-15)27(24,25)22-10-1-3-17(22)18(23)20-8-2-9-21-11-13-26-14-12-21/h4-7,17H,1-3,8-14H2,(H,20,23). The number of amides is 1. The summed E-state index contributed by atoms with van der Waals surface area (Å²) in [6.45, 7) is 5.16. The molecule has 2 aliphatic heterocycles. The lowest BCUT2D eigenvalue weighted by Crippen LogP contribution is -2.46. The zero-order valence-electron chi connectivity index (χ0n) is 15.3. The van der Waals surface area contributed by atoms with Crippen molar-refractivity contribution in [2.24, 2.45) is 0 Å². The maximum atomic E-state index is 12.9. The van der Waals surface area contributed by atoms with Gasteiger partial charge in [0.05, 0.1) is 18.1 Å². The highest BCUT2D eigenvalue weighted by molar-refractivity contribution is 7.89. The first kappa shape index (κ1) is 20.5. The van der Waals surface area contributed by atoms with Crippen molar-refractivity contribution in [2.45, 2.75) is 30.2 Å². The molecular weight excluding hydrogens is 390 g/mol. The number of ether oxygens (including phenoxy) is 1. The van der Waals surface area contributed by atoms with Crippen molar-refractivity contribution in [3.63, 3.8) is 0 Å². The second-order valence-electron chi connectivity index (χ2n) is 6.83. The van der Waals surface area contributed by atoms with Crippen LogP contribution in [0.4, 0.5) is 0 Å². The highest BCUT2D eigenvalue weighted by Crippen LogP contribution is 2.27. The summed E-state index contributed by atoms with van der Waals surface area (Å²) in [4.78, 5) is 15.0. The third kappa shape index (κ3) is 5.20. The molecule has 0 aliphatic carbocycles. The minimum atomic E-state index is -3.71. The summed E-state index contributed by atoms with van der Waals surface area (Å²) in [7, 11) is -3.71. The minimum Gasteiger partial charge on any atom is -0.379 e. The molecule has 1 unspecified atom stereocenters. The maximum Gasteiger partial charge on any atom is 0.243 e. The predicted octanol–water partition coefficient (Wildman–Crippen LogP) is 1.33. The minimum absolute atomic E-state index is 0.166. The van der Waals surface area contributed by atoms with Gasteiger partial charge < -0.3 is 10.1 Å². The van der Waals surface area contributed by atoms with E-state index in [2.05, 4.69) is 10.2 Å². The van der Waals surface area contributed by atoms with Crippen LogP contribution in [0.5, 0.6) is 0 Å². The van der Waals surface area contributed by atoms with Gasteiger partial charge in [0.2, 0.25) is 15.9 Å². The fourth-order valence-corrected chi connectivity index (χ4v) is 5.27. The van der Waals surface area contributed by atoms with E-state index < -0.39 is 16.1 Å². The van der Waals surface area contributed by atoms with Crippen molar-refractivity contribution in [1.29, 1.82) is 0 Å². The van der Waals surface area contributed by atoms with Crippen molar-refractivity contribution in [3.05, 3.63) is 29.3 Å². The van der Waals surface area contributed by atoms with E-state index in [-0.39, 0.29) is 10.8 Å². The molecule has 1 atom stereocenters. The van der Waals surface area contributed by atoms with Crippen molar-refractivity contribution >= 4 is 27.5 Å². The third-order valence-electron chi connectivity index (χ3n) is 4.98. The van der Waals surface area contributed by atoms with Crippen LogP contribution in [0.1, 0.15) is 19.3 Å². The van der Waals surface area contributed by atoms with Crippen molar-refractivity contribution < 1.29 is 17.9 Å². The molecule has 2 fully saturated rings. The Morgan fingerprint density at radius 3 is 2.59 bits per heavy atom. The van der Waals surface area contributed by atoms with Gasteiger partial charge in [0, 0.05) is 31.2 Å². The molecule has 1 aromatic carbocycles. The second kappa shape index (κ2) is 9.34. The van der Waals surface area contributed by atoms with Crippen LogP contribution < -0.4 is 5.32 Å². The molecule has 1 aromatic rings. The zero-order chi connectivity index (χ0) is 19.3. The summed E-state index contributed by atoms with van der Waals surface area (Å²) in [6, 6.07) is 5.41. The summed E-state index contributed by atoms with van der Waals surface area (Å²) in [5, 5.41) is 3.38. The largest absolute Gasteiger partial charge is 0.379 e. The Morgan fingerprint density at radius 2 is 1.89 bits per heavy atom. The van der Waals surface area contributed by atoms with E-state index >= 15 is 0 Å². The topological polar surface area (TPSA) is 79.0 Å². The summed E-state index contributed by atoms with van der Waals surface area (Å²) < 4.78 is 32.4. The van der Waals surface area contributed by atoms with Crippen LogP contribution in [-0.4, -0.2) is 75.5 Å². The van der Waals surface area contributed by atoms with Gasteiger partial charge in [0.25, 0.3) is 0 Å². The Labute approximate surface area is 165 Å². The molecule has 3 rings (SSSR count). The zero-order valence-corrected chi connectivity index (χ0v) is 16.8. The molecule has 27 heavy (non-hydrogen) atoms. The molecule has 2 aliphatic rings. The van der Waals surface area contributed by atoms with E-state index in [9.17, 15) is 13.2 Å². The Hall–Kier alpha value is -1.19. The number of sulfonamides is 1. The van der Waals surface area contributed by atoms with Crippen LogP contribution in [-0.2, 0) is 19.6 Å². The number of carbonyl (C=O) groups is 1. The predicted molar refractivity (Wildman–Crippen MR) is 103 cm³/mol. The third-order valence-corrected chi connectivity index (χ3v) is 7.15. The number of nitrogens with one attached hydrogen (secondary N) is 1. The van der Waals surface area contributed by atoms with Gasteiger partial charge in [-0.05, 0) is 50.1 Å². The Morgan fingerprint density at radius 1 is 1.19 bits per heavy atom. The first-order chi connectivity index (χ1) is 13.0. The van der Waals surface area contributed by atoms with Gasteiger partial charge in [0.15, 0.2) is 0 Å². The van der Waals surface area contributed by atoms with Gasteiger partial charge in [0.1, 0.15) is 6.04 Å². The molecule has 2 saturated heterocycles. The van der Waals surface area contributed by atoms with E-state index in [1.807, 2.05) is 0 Å². The fourth-order valence-electron chi connectivity index (χ4n) is 3.49. The van der Waals surface area contributed by atoms with Crippen LogP contribution in [0, 0.1) is 0 Å². The monoisotopic (exact) mass is 415 g/mol. The summed E-state index contributed by atoms with van der Waals surface area (Å²) >= 11 is 5.84. The molecule has 1 amide bonds. The van der Waals surface area contributed by atoms with E-state index in [1.54, 1.807) is 12.1 Å². The van der Waals surface area contributed by atoms with E-state index in [1.165, 1.54) is 16.4 Å². The van der Waals surface area contributed by atoms with Gasteiger partial charge in [-0.15, -0.1) is 0 Å². The van der Waals surface area contributed by atoms with Crippen LogP contribution in [0.3, 0.4) is 0 Å². The molecule has 0 spiro atoms.